The van der Waals surface area contributed by atoms with Gasteiger partial charge in [0.2, 0.25) is 20.0 Å². The van der Waals surface area contributed by atoms with Gasteiger partial charge in [0.1, 0.15) is 10.00 Å². The molecule has 1 aliphatic heterocycles. The molecule has 1 heterocycles. The summed E-state index contributed by atoms with van der Waals surface area (Å²) in [6, 6.07) is 0. The van der Waals surface area contributed by atoms with E-state index in [1.54, 1.807) is 0 Å². The summed E-state index contributed by atoms with van der Waals surface area (Å²) < 4.78 is 46.4. The van der Waals surface area contributed by atoms with Crippen LogP contribution in [0.2, 0.25) is 0 Å². The number of hydrogen-bond donors (Lipinski definition) is 2. The Morgan fingerprint density at radius 2 is 1.85 bits per heavy atom. The second kappa shape index (κ2) is 4.92. The van der Waals surface area contributed by atoms with Gasteiger partial charge in [-0.15, -0.1) is 0 Å². The second-order valence-electron chi connectivity index (χ2n) is 5.40. The van der Waals surface area contributed by atoms with Crippen LogP contribution in [0, 0.1) is 5.92 Å². The summed E-state index contributed by atoms with van der Waals surface area (Å²) in [6.45, 7) is 1.15. The molecule has 0 spiro atoms. The molecule has 9 heteroatoms. The summed E-state index contributed by atoms with van der Waals surface area (Å²) in [5, 5.41) is 9.29. The van der Waals surface area contributed by atoms with Crippen molar-refractivity contribution in [2.45, 2.75) is 16.4 Å². The van der Waals surface area contributed by atoms with Gasteiger partial charge in [0.25, 0.3) is 0 Å². The van der Waals surface area contributed by atoms with Gasteiger partial charge in [-0.2, -0.15) is 0 Å². The van der Waals surface area contributed by atoms with Crippen molar-refractivity contribution in [2.75, 3.05) is 20.1 Å². The van der Waals surface area contributed by atoms with Gasteiger partial charge in [0.15, 0.2) is 0 Å². The fourth-order valence-corrected chi connectivity index (χ4v) is 6.37. The van der Waals surface area contributed by atoms with E-state index in [1.165, 1.54) is 24.3 Å². The zero-order valence-corrected chi connectivity index (χ0v) is 12.8. The predicted molar refractivity (Wildman–Crippen MR) is 76.6 cm³/mol. The summed E-state index contributed by atoms with van der Waals surface area (Å²) in [7, 11) is -6.39. The van der Waals surface area contributed by atoms with Crippen LogP contribution in [0.25, 0.3) is 0 Å². The first-order valence-electron chi connectivity index (χ1n) is 6.17. The monoisotopic (exact) mass is 321 g/mol. The van der Waals surface area contributed by atoms with Crippen LogP contribution >= 0.6 is 0 Å². The lowest BCUT2D eigenvalue weighted by Gasteiger charge is -2.39. The van der Waals surface area contributed by atoms with E-state index in [0.29, 0.717) is 19.5 Å². The maximum atomic E-state index is 12.2. The molecule has 0 aromatic heterocycles. The Balaban J connectivity index is 2.63. The Kier molecular flexibility index (Phi) is 3.85. The van der Waals surface area contributed by atoms with Gasteiger partial charge in [-0.25, -0.2) is 27.1 Å². The molecule has 1 aliphatic carbocycles. The topological polar surface area (TPSA) is 124 Å². The SMILES string of the molecule is CN1CCC(C2(S(N)(=O)=O)C=CC=CC2S(N)(=O)=O)C1. The number of primary sulfonamides is 2. The zero-order chi connectivity index (χ0) is 15.2. The van der Waals surface area contributed by atoms with E-state index in [2.05, 4.69) is 0 Å². The average molecular weight is 321 g/mol. The third kappa shape index (κ3) is 2.44. The molecule has 4 N–H and O–H groups in total. The second-order valence-corrected chi connectivity index (χ2v) is 8.88. The number of sulfonamides is 2. The first-order valence-corrected chi connectivity index (χ1v) is 9.33. The lowest BCUT2D eigenvalue weighted by Crippen LogP contribution is -2.60. The minimum Gasteiger partial charge on any atom is -0.306 e. The minimum absolute atomic E-state index is 0.410. The Morgan fingerprint density at radius 1 is 1.20 bits per heavy atom. The standard InChI is InChI=1S/C11H19N3O4S2/c1-14-7-5-9(8-14)11(20(13,17)18)6-3-2-4-10(11)19(12,15)16/h2-4,6,9-10H,5,7-8H2,1H3,(H2,12,15,16)(H2,13,17,18). The van der Waals surface area contributed by atoms with Crippen LogP contribution in [0.15, 0.2) is 24.3 Å². The molecule has 1 fully saturated rings. The highest BCUT2D eigenvalue weighted by atomic mass is 32.2. The Hall–Kier alpha value is -0.740. The summed E-state index contributed by atoms with van der Waals surface area (Å²) in [4.78, 5) is 1.95. The molecule has 20 heavy (non-hydrogen) atoms. The summed E-state index contributed by atoms with van der Waals surface area (Å²) in [5.74, 6) is -0.410. The molecule has 0 aromatic carbocycles. The molecule has 1 saturated heterocycles. The van der Waals surface area contributed by atoms with E-state index in [-0.39, 0.29) is 0 Å². The minimum atomic E-state index is -4.15. The molecule has 2 rings (SSSR count). The van der Waals surface area contributed by atoms with Gasteiger partial charge in [-0.05, 0) is 25.9 Å². The average Bonchev–Trinajstić information content (AvgIpc) is 2.73. The summed E-state index contributed by atoms with van der Waals surface area (Å²) >= 11 is 0. The van der Waals surface area contributed by atoms with Gasteiger partial charge in [0.05, 0.1) is 0 Å². The summed E-state index contributed by atoms with van der Waals surface area (Å²) in [5.41, 5.74) is 0. The quantitative estimate of drug-likeness (QED) is 0.672. The van der Waals surface area contributed by atoms with Crippen LogP contribution in [0.1, 0.15) is 6.42 Å². The molecular formula is C11H19N3O4S2. The number of rotatable bonds is 3. The predicted octanol–water partition coefficient (Wildman–Crippen LogP) is -1.25. The molecule has 7 nitrogen and oxygen atoms in total. The van der Waals surface area contributed by atoms with E-state index >= 15 is 0 Å². The van der Waals surface area contributed by atoms with Gasteiger partial charge in [-0.1, -0.05) is 24.3 Å². The number of nitrogens with zero attached hydrogens (tertiary/aromatic N) is 1. The molecule has 0 aromatic rings. The lowest BCUT2D eigenvalue weighted by molar-refractivity contribution is 0.363. The first-order chi connectivity index (χ1) is 9.09. The molecule has 0 saturated carbocycles. The Bertz CT molecular complexity index is 653. The zero-order valence-electron chi connectivity index (χ0n) is 11.1. The van der Waals surface area contributed by atoms with Crippen LogP contribution in [0.3, 0.4) is 0 Å². The van der Waals surface area contributed by atoms with Crippen molar-refractivity contribution < 1.29 is 16.8 Å². The number of allylic oxidation sites excluding steroid dienone is 2. The third-order valence-electron chi connectivity index (χ3n) is 4.07. The van der Waals surface area contributed by atoms with Gasteiger partial charge in [0, 0.05) is 6.54 Å². The van der Waals surface area contributed by atoms with Crippen molar-refractivity contribution in [1.29, 1.82) is 0 Å². The van der Waals surface area contributed by atoms with Crippen molar-refractivity contribution in [2.24, 2.45) is 16.2 Å². The largest absolute Gasteiger partial charge is 0.306 e. The molecule has 3 unspecified atom stereocenters. The van der Waals surface area contributed by atoms with E-state index in [9.17, 15) is 16.8 Å². The van der Waals surface area contributed by atoms with Gasteiger partial charge in [-0.3, -0.25) is 0 Å². The molecule has 2 aliphatic rings. The van der Waals surface area contributed by atoms with Crippen LogP contribution in [0.5, 0.6) is 0 Å². The van der Waals surface area contributed by atoms with Crippen molar-refractivity contribution >= 4 is 20.0 Å². The maximum Gasteiger partial charge on any atom is 0.220 e. The smallest absolute Gasteiger partial charge is 0.220 e. The lowest BCUT2D eigenvalue weighted by atomic mass is 9.85. The third-order valence-corrected chi connectivity index (χ3v) is 7.19. The van der Waals surface area contributed by atoms with E-state index in [4.69, 9.17) is 10.3 Å². The number of likely N-dealkylation sites (tertiary alicyclic amines) is 1. The first kappa shape index (κ1) is 15.6. The van der Waals surface area contributed by atoms with Crippen molar-refractivity contribution in [3.63, 3.8) is 0 Å². The molecular weight excluding hydrogens is 302 g/mol. The fraction of sp³-hybridized carbons (Fsp3) is 0.636. The molecule has 114 valence electrons. The Labute approximate surface area is 119 Å². The van der Waals surface area contributed by atoms with Crippen LogP contribution in [-0.4, -0.2) is 51.9 Å². The summed E-state index contributed by atoms with van der Waals surface area (Å²) in [6.07, 6.45) is 6.23. The van der Waals surface area contributed by atoms with Crippen LogP contribution in [0.4, 0.5) is 0 Å². The highest BCUT2D eigenvalue weighted by Crippen LogP contribution is 2.41. The van der Waals surface area contributed by atoms with Crippen LogP contribution < -0.4 is 10.3 Å². The maximum absolute atomic E-state index is 12.2. The van der Waals surface area contributed by atoms with E-state index < -0.39 is 36.0 Å². The number of nitrogens with two attached hydrogens (primary N) is 2. The fourth-order valence-electron chi connectivity index (χ4n) is 3.14. The highest BCUT2D eigenvalue weighted by Gasteiger charge is 2.57. The molecule has 3 atom stereocenters. The van der Waals surface area contributed by atoms with Gasteiger partial charge >= 0.3 is 0 Å². The Morgan fingerprint density at radius 3 is 2.30 bits per heavy atom. The van der Waals surface area contributed by atoms with Gasteiger partial charge < -0.3 is 4.90 Å². The highest BCUT2D eigenvalue weighted by molar-refractivity contribution is 7.94. The molecule has 0 amide bonds. The van der Waals surface area contributed by atoms with Crippen molar-refractivity contribution in [1.82, 2.24) is 4.90 Å². The normalized spacial score (nSPS) is 35.5. The van der Waals surface area contributed by atoms with Crippen molar-refractivity contribution in [3.05, 3.63) is 24.3 Å². The van der Waals surface area contributed by atoms with E-state index in [1.807, 2.05) is 11.9 Å². The molecule has 0 bridgehead atoms. The number of hydrogen-bond acceptors (Lipinski definition) is 5. The van der Waals surface area contributed by atoms with E-state index in [0.717, 1.165) is 0 Å². The molecule has 0 radical (unpaired) electrons. The van der Waals surface area contributed by atoms with Crippen LogP contribution in [-0.2, 0) is 20.0 Å². The van der Waals surface area contributed by atoms with Crippen molar-refractivity contribution in [3.8, 4) is 0 Å².